The van der Waals surface area contributed by atoms with E-state index in [4.69, 9.17) is 9.47 Å². The molecule has 0 spiro atoms. The SMILES string of the molecule is CC(=O)c1ccc(-n2c(=O)n3n(c2=O)C2C(=CC3)C(C)(C)Oc3cc(OC4C[C@H](C(=O)O)[C@@H](O)[C@H](O)[C@H]4O)ccc32)cc1. The maximum absolute atomic E-state index is 13.9. The van der Waals surface area contributed by atoms with E-state index in [-0.39, 0.29) is 24.5 Å². The number of hydrogen-bond donors (Lipinski definition) is 4. The minimum atomic E-state index is -1.71. The molecule has 3 aromatic rings. The topological polar surface area (TPSA) is 182 Å². The van der Waals surface area contributed by atoms with Gasteiger partial charge in [-0.2, -0.15) is 0 Å². The van der Waals surface area contributed by atoms with Crippen LogP contribution in [0.2, 0.25) is 0 Å². The first-order valence-electron chi connectivity index (χ1n) is 13.8. The molecule has 0 saturated heterocycles. The summed E-state index contributed by atoms with van der Waals surface area (Å²) in [6.07, 6.45) is -4.41. The molecule has 2 aliphatic heterocycles. The molecule has 4 N–H and O–H groups in total. The van der Waals surface area contributed by atoms with Crippen LogP contribution in [0.25, 0.3) is 5.69 Å². The Morgan fingerprint density at radius 3 is 2.33 bits per heavy atom. The van der Waals surface area contributed by atoms with Crippen LogP contribution in [0.4, 0.5) is 0 Å². The van der Waals surface area contributed by atoms with Crippen molar-refractivity contribution in [2.75, 3.05) is 0 Å². The van der Waals surface area contributed by atoms with E-state index in [0.29, 0.717) is 22.6 Å². The number of nitrogens with zero attached hydrogens (tertiary/aromatic N) is 3. The summed E-state index contributed by atoms with van der Waals surface area (Å²) >= 11 is 0. The number of ketones is 1. The molecule has 2 aromatic carbocycles. The monoisotopic (exact) mass is 593 g/mol. The zero-order valence-corrected chi connectivity index (χ0v) is 23.6. The Bertz CT molecular complexity index is 1780. The van der Waals surface area contributed by atoms with Crippen molar-refractivity contribution in [3.63, 3.8) is 0 Å². The lowest BCUT2D eigenvalue weighted by Gasteiger charge is -2.43. The largest absolute Gasteiger partial charge is 0.487 e. The third kappa shape index (κ3) is 4.51. The Morgan fingerprint density at radius 1 is 0.977 bits per heavy atom. The molecule has 13 heteroatoms. The van der Waals surface area contributed by atoms with Crippen molar-refractivity contribution in [2.24, 2.45) is 5.92 Å². The average Bonchev–Trinajstić information content (AvgIpc) is 3.22. The van der Waals surface area contributed by atoms with Crippen LogP contribution < -0.4 is 20.9 Å². The van der Waals surface area contributed by atoms with E-state index in [9.17, 15) is 39.6 Å². The van der Waals surface area contributed by atoms with E-state index >= 15 is 0 Å². The fourth-order valence-electron chi connectivity index (χ4n) is 6.24. The summed E-state index contributed by atoms with van der Waals surface area (Å²) < 4.78 is 16.0. The third-order valence-electron chi connectivity index (χ3n) is 8.54. The summed E-state index contributed by atoms with van der Waals surface area (Å²) in [6.45, 7) is 5.23. The van der Waals surface area contributed by atoms with E-state index in [1.54, 1.807) is 42.5 Å². The number of hydrogen-bond acceptors (Lipinski definition) is 9. The minimum Gasteiger partial charge on any atom is -0.487 e. The summed E-state index contributed by atoms with van der Waals surface area (Å²) in [7, 11) is 0. The molecule has 0 amide bonds. The Labute approximate surface area is 244 Å². The van der Waals surface area contributed by atoms with Gasteiger partial charge in [0.2, 0.25) is 0 Å². The highest BCUT2D eigenvalue weighted by Gasteiger charge is 2.48. The number of carboxylic acids is 1. The predicted molar refractivity (Wildman–Crippen MR) is 150 cm³/mol. The highest BCUT2D eigenvalue weighted by molar-refractivity contribution is 5.94. The third-order valence-corrected chi connectivity index (χ3v) is 8.54. The Morgan fingerprint density at radius 2 is 1.67 bits per heavy atom. The number of allylic oxidation sites excluding steroid dienone is 1. The number of carbonyl (C=O) groups excluding carboxylic acids is 1. The van der Waals surface area contributed by atoms with Crippen LogP contribution in [0.3, 0.4) is 0 Å². The maximum Gasteiger partial charge on any atom is 0.352 e. The first kappa shape index (κ1) is 28.6. The number of carboxylic acid groups (broad SMARTS) is 1. The molecular formula is C30H31N3O10. The van der Waals surface area contributed by atoms with E-state index < -0.39 is 59.3 Å². The fourth-order valence-corrected chi connectivity index (χ4v) is 6.24. The van der Waals surface area contributed by atoms with Crippen LogP contribution in [0.15, 0.2) is 63.7 Å². The van der Waals surface area contributed by atoms with Crippen molar-refractivity contribution in [2.45, 2.75) is 69.8 Å². The highest BCUT2D eigenvalue weighted by Crippen LogP contribution is 2.47. The molecule has 1 fully saturated rings. The van der Waals surface area contributed by atoms with E-state index in [1.807, 2.05) is 19.9 Å². The number of rotatable bonds is 5. The number of aliphatic carboxylic acids is 1. The van der Waals surface area contributed by atoms with Gasteiger partial charge >= 0.3 is 17.3 Å². The molecule has 13 nitrogen and oxygen atoms in total. The van der Waals surface area contributed by atoms with Gasteiger partial charge in [-0.3, -0.25) is 9.59 Å². The smallest absolute Gasteiger partial charge is 0.352 e. The number of ether oxygens (including phenoxy) is 2. The number of benzene rings is 2. The average molecular weight is 594 g/mol. The van der Waals surface area contributed by atoms with Gasteiger partial charge < -0.3 is 29.9 Å². The molecule has 6 atom stereocenters. The lowest BCUT2D eigenvalue weighted by Crippen LogP contribution is -2.57. The molecule has 3 aliphatic rings. The lowest BCUT2D eigenvalue weighted by molar-refractivity contribution is -0.174. The quantitative estimate of drug-likeness (QED) is 0.242. The number of aliphatic hydroxyl groups is 3. The highest BCUT2D eigenvalue weighted by atomic mass is 16.5. The lowest BCUT2D eigenvalue weighted by atomic mass is 9.80. The Balaban J connectivity index is 1.39. The van der Waals surface area contributed by atoms with Crippen LogP contribution >= 0.6 is 0 Å². The van der Waals surface area contributed by atoms with Crippen molar-refractivity contribution < 1.29 is 39.5 Å². The van der Waals surface area contributed by atoms with Gasteiger partial charge in [0.05, 0.1) is 24.3 Å². The van der Waals surface area contributed by atoms with Gasteiger partial charge in [-0.05, 0) is 62.7 Å². The summed E-state index contributed by atoms with van der Waals surface area (Å²) in [5.41, 5.74) is 0.0996. The first-order chi connectivity index (χ1) is 20.3. The van der Waals surface area contributed by atoms with Gasteiger partial charge in [0.25, 0.3) is 0 Å². The van der Waals surface area contributed by atoms with E-state index in [1.165, 1.54) is 16.3 Å². The Hall–Kier alpha value is -4.46. The van der Waals surface area contributed by atoms with Crippen molar-refractivity contribution in [1.82, 2.24) is 13.9 Å². The fraction of sp³-hybridized carbons (Fsp3) is 0.400. The molecular weight excluding hydrogens is 562 g/mol. The summed E-state index contributed by atoms with van der Waals surface area (Å²) in [6, 6.07) is 10.3. The molecule has 0 bridgehead atoms. The molecule has 0 radical (unpaired) electrons. The van der Waals surface area contributed by atoms with Gasteiger partial charge in [-0.25, -0.2) is 23.5 Å². The van der Waals surface area contributed by atoms with Crippen LogP contribution in [0, 0.1) is 5.92 Å². The maximum atomic E-state index is 13.9. The van der Waals surface area contributed by atoms with Crippen LogP contribution in [0.5, 0.6) is 11.5 Å². The summed E-state index contributed by atoms with van der Waals surface area (Å²) in [5, 5.41) is 40.2. The van der Waals surface area contributed by atoms with Gasteiger partial charge in [0.15, 0.2) is 5.78 Å². The van der Waals surface area contributed by atoms with Crippen molar-refractivity contribution in [3.8, 4) is 17.2 Å². The molecule has 1 aromatic heterocycles. The zero-order chi connectivity index (χ0) is 31.0. The minimum absolute atomic E-state index is 0.139. The van der Waals surface area contributed by atoms with Gasteiger partial charge in [0, 0.05) is 23.6 Å². The van der Waals surface area contributed by atoms with E-state index in [2.05, 4.69) is 0 Å². The van der Waals surface area contributed by atoms with Crippen molar-refractivity contribution in [1.29, 1.82) is 0 Å². The summed E-state index contributed by atoms with van der Waals surface area (Å²) in [4.78, 5) is 50.7. The second kappa shape index (κ2) is 10.1. The van der Waals surface area contributed by atoms with Gasteiger partial charge in [0.1, 0.15) is 41.5 Å². The number of aromatic nitrogens is 3. The molecule has 1 aliphatic carbocycles. The normalized spacial score (nSPS) is 27.2. The number of Topliss-reactive ketones (excluding diaryl/α,β-unsaturated/α-hetero) is 1. The number of aliphatic hydroxyl groups excluding tert-OH is 3. The van der Waals surface area contributed by atoms with Crippen LogP contribution in [-0.2, 0) is 11.3 Å². The number of fused-ring (bicyclic) bond motifs is 5. The van der Waals surface area contributed by atoms with Crippen LogP contribution in [0.1, 0.15) is 49.2 Å². The summed E-state index contributed by atoms with van der Waals surface area (Å²) in [5.74, 6) is -2.24. The molecule has 43 heavy (non-hydrogen) atoms. The molecule has 3 heterocycles. The van der Waals surface area contributed by atoms with Crippen molar-refractivity contribution >= 4 is 11.8 Å². The second-order valence-electron chi connectivity index (χ2n) is 11.6. The molecule has 6 rings (SSSR count). The molecule has 1 saturated carbocycles. The Kier molecular flexibility index (Phi) is 6.71. The number of carbonyl (C=O) groups is 2. The van der Waals surface area contributed by atoms with Crippen LogP contribution in [-0.4, -0.2) is 76.1 Å². The zero-order valence-electron chi connectivity index (χ0n) is 23.6. The van der Waals surface area contributed by atoms with E-state index in [0.717, 1.165) is 10.1 Å². The van der Waals surface area contributed by atoms with Gasteiger partial charge in [-0.1, -0.05) is 6.08 Å². The van der Waals surface area contributed by atoms with Crippen molar-refractivity contribution in [3.05, 3.63) is 86.2 Å². The predicted octanol–water partition coefficient (Wildman–Crippen LogP) is 0.638. The molecule has 2 unspecified atom stereocenters. The standard InChI is InChI=1S/C30H31N3O10/c1-14(34)15-4-6-16(7-5-15)32-28(40)31-11-10-20-23(33(31)29(32)41)18-9-8-17(12-21(18)43-30(20,2)3)42-22-13-19(27(38)39)24(35)26(37)25(22)36/h4-10,12,19,22-26,35-37H,11,13H2,1-3H3,(H,38,39)/t19-,22?,23?,24+,25-,26-/m0/s1. The molecule has 226 valence electrons. The van der Waals surface area contributed by atoms with Gasteiger partial charge in [-0.15, -0.1) is 0 Å². The first-order valence-corrected chi connectivity index (χ1v) is 13.8. The second-order valence-corrected chi connectivity index (χ2v) is 11.6.